The predicted molar refractivity (Wildman–Crippen MR) is 103 cm³/mol. The molecule has 2 aromatic heterocycles. The van der Waals surface area contributed by atoms with Crippen LogP contribution in [0.15, 0.2) is 53.3 Å². The molecule has 0 fully saturated rings. The molecule has 4 nitrogen and oxygen atoms in total. The number of rotatable bonds is 3. The highest BCUT2D eigenvalue weighted by Crippen LogP contribution is 2.19. The van der Waals surface area contributed by atoms with Crippen molar-refractivity contribution in [2.45, 2.75) is 0 Å². The van der Waals surface area contributed by atoms with Gasteiger partial charge < -0.3 is 0 Å². The van der Waals surface area contributed by atoms with E-state index in [0.717, 1.165) is 16.9 Å². The Morgan fingerprint density at radius 1 is 1.08 bits per heavy atom. The smallest absolute Gasteiger partial charge is 0.266 e. The number of nitrogens with zero attached hydrogens (tertiary/aromatic N) is 3. The summed E-state index contributed by atoms with van der Waals surface area (Å²) in [5, 5.41) is 4.45. The van der Waals surface area contributed by atoms with Gasteiger partial charge in [0.1, 0.15) is 5.82 Å². The van der Waals surface area contributed by atoms with Crippen molar-refractivity contribution in [1.82, 2.24) is 14.6 Å². The van der Waals surface area contributed by atoms with Gasteiger partial charge in [-0.05, 0) is 29.8 Å². The lowest BCUT2D eigenvalue weighted by Crippen LogP contribution is -2.23. The highest BCUT2D eigenvalue weighted by molar-refractivity contribution is 7.15. The minimum absolute atomic E-state index is 0.181. The molecule has 4 rings (SSSR count). The van der Waals surface area contributed by atoms with Crippen LogP contribution in [0.3, 0.4) is 0 Å². The molecule has 128 valence electrons. The van der Waals surface area contributed by atoms with Gasteiger partial charge >= 0.3 is 0 Å². The minimum Gasteiger partial charge on any atom is -0.266 e. The van der Waals surface area contributed by atoms with Gasteiger partial charge in [0.05, 0.1) is 9.55 Å². The number of thiazole rings is 1. The molecular weight excluding hydrogens is 373 g/mol. The molecule has 0 N–H and O–H groups in total. The van der Waals surface area contributed by atoms with Gasteiger partial charge in [-0.3, -0.25) is 4.79 Å². The molecule has 0 radical (unpaired) electrons. The molecule has 0 aliphatic rings. The van der Waals surface area contributed by atoms with Gasteiger partial charge in [0.2, 0.25) is 4.96 Å². The van der Waals surface area contributed by atoms with Crippen LogP contribution in [-0.4, -0.2) is 14.6 Å². The van der Waals surface area contributed by atoms with Crippen LogP contribution >= 0.6 is 22.9 Å². The molecule has 4 aromatic rings. The lowest BCUT2D eigenvalue weighted by Gasteiger charge is -1.97. The van der Waals surface area contributed by atoms with Crippen LogP contribution in [0.5, 0.6) is 0 Å². The molecular formula is C19H11ClFN3OS. The largest absolute Gasteiger partial charge is 0.291 e. The molecule has 0 saturated carbocycles. The van der Waals surface area contributed by atoms with Crippen LogP contribution in [0.1, 0.15) is 17.0 Å². The third kappa shape index (κ3) is 3.16. The molecule has 2 aromatic carbocycles. The number of halogens is 2. The van der Waals surface area contributed by atoms with Gasteiger partial charge in [0, 0.05) is 5.56 Å². The highest BCUT2D eigenvalue weighted by Gasteiger charge is 2.10. The van der Waals surface area contributed by atoms with E-state index >= 15 is 0 Å². The fourth-order valence-electron chi connectivity index (χ4n) is 2.43. The van der Waals surface area contributed by atoms with Crippen molar-refractivity contribution in [2.75, 3.05) is 0 Å². The Hall–Kier alpha value is -2.83. The molecule has 26 heavy (non-hydrogen) atoms. The third-order valence-electron chi connectivity index (χ3n) is 3.70. The van der Waals surface area contributed by atoms with E-state index in [-0.39, 0.29) is 16.1 Å². The zero-order chi connectivity index (χ0) is 18.1. The zero-order valence-electron chi connectivity index (χ0n) is 13.3. The van der Waals surface area contributed by atoms with Gasteiger partial charge in [-0.15, -0.1) is 5.10 Å². The van der Waals surface area contributed by atoms with Crippen LogP contribution in [0.2, 0.25) is 5.02 Å². The van der Waals surface area contributed by atoms with Gasteiger partial charge in [0.15, 0.2) is 5.82 Å². The molecule has 0 atom stereocenters. The van der Waals surface area contributed by atoms with E-state index in [1.54, 1.807) is 12.1 Å². The quantitative estimate of drug-likeness (QED) is 0.542. The van der Waals surface area contributed by atoms with Crippen molar-refractivity contribution in [1.29, 1.82) is 0 Å². The molecule has 7 heteroatoms. The maximum Gasteiger partial charge on any atom is 0.291 e. The maximum absolute atomic E-state index is 13.9. The topological polar surface area (TPSA) is 47.3 Å². The van der Waals surface area contributed by atoms with E-state index in [1.807, 2.05) is 36.4 Å². The molecule has 0 amide bonds. The number of benzene rings is 2. The van der Waals surface area contributed by atoms with Crippen LogP contribution in [0.4, 0.5) is 4.39 Å². The van der Waals surface area contributed by atoms with Gasteiger partial charge in [-0.25, -0.2) is 4.39 Å². The Morgan fingerprint density at radius 3 is 2.62 bits per heavy atom. The van der Waals surface area contributed by atoms with Gasteiger partial charge in [-0.2, -0.15) is 9.50 Å². The summed E-state index contributed by atoms with van der Waals surface area (Å²) in [5.74, 6) is -0.0462. The van der Waals surface area contributed by atoms with E-state index in [9.17, 15) is 9.18 Å². The van der Waals surface area contributed by atoms with Crippen LogP contribution in [0.25, 0.3) is 23.2 Å². The van der Waals surface area contributed by atoms with E-state index in [0.29, 0.717) is 15.3 Å². The molecule has 0 bridgehead atoms. The molecule has 0 aliphatic carbocycles. The first-order valence-electron chi connectivity index (χ1n) is 7.70. The average molecular weight is 384 g/mol. The summed E-state index contributed by atoms with van der Waals surface area (Å²) in [5.41, 5.74) is 0.840. The highest BCUT2D eigenvalue weighted by atomic mass is 35.5. The van der Waals surface area contributed by atoms with E-state index in [1.165, 1.54) is 22.7 Å². The first-order chi connectivity index (χ1) is 12.6. The maximum atomic E-state index is 13.9. The second-order valence-corrected chi connectivity index (χ2v) is 6.88. The Labute approximate surface area is 156 Å². The average Bonchev–Trinajstić information content (AvgIpc) is 3.17. The number of hydrogen-bond acceptors (Lipinski definition) is 4. The van der Waals surface area contributed by atoms with Crippen molar-refractivity contribution >= 4 is 46.1 Å². The van der Waals surface area contributed by atoms with Crippen LogP contribution in [-0.2, 0) is 0 Å². The van der Waals surface area contributed by atoms with Crippen molar-refractivity contribution in [3.8, 4) is 0 Å². The summed E-state index contributed by atoms with van der Waals surface area (Å²) in [6.45, 7) is 0. The standard InChI is InChI=1S/C19H11ClFN3OS/c20-14-7-4-8-15(21)13(14)11-16-18(25)24-19(26-16)22-17(23-24)10-9-12-5-2-1-3-6-12/h1-11H/b10-9+,16-11-. The summed E-state index contributed by atoms with van der Waals surface area (Å²) in [7, 11) is 0. The monoisotopic (exact) mass is 383 g/mol. The lowest BCUT2D eigenvalue weighted by molar-refractivity contribution is 0.625. The number of hydrogen-bond donors (Lipinski definition) is 0. The molecule has 0 unspecified atom stereocenters. The second-order valence-electron chi connectivity index (χ2n) is 5.46. The second kappa shape index (κ2) is 6.82. The Morgan fingerprint density at radius 2 is 1.88 bits per heavy atom. The number of fused-ring (bicyclic) bond motifs is 1. The normalized spacial score (nSPS) is 12.5. The van der Waals surface area contributed by atoms with Gasteiger partial charge in [0.25, 0.3) is 5.56 Å². The summed E-state index contributed by atoms with van der Waals surface area (Å²) >= 11 is 7.15. The Kier molecular flexibility index (Phi) is 4.36. The van der Waals surface area contributed by atoms with E-state index in [2.05, 4.69) is 10.1 Å². The minimum atomic E-state index is -0.484. The summed E-state index contributed by atoms with van der Waals surface area (Å²) < 4.78 is 15.5. The molecule has 0 spiro atoms. The Bertz CT molecular complexity index is 1210. The van der Waals surface area contributed by atoms with E-state index in [4.69, 9.17) is 11.6 Å². The first kappa shape index (κ1) is 16.6. The van der Waals surface area contributed by atoms with Crippen molar-refractivity contribution in [3.63, 3.8) is 0 Å². The molecule has 0 saturated heterocycles. The summed E-state index contributed by atoms with van der Waals surface area (Å²) in [6.07, 6.45) is 5.04. The van der Waals surface area contributed by atoms with Crippen LogP contribution < -0.4 is 10.1 Å². The first-order valence-corrected chi connectivity index (χ1v) is 8.90. The summed E-state index contributed by atoms with van der Waals surface area (Å²) in [6, 6.07) is 14.1. The fourth-order valence-corrected chi connectivity index (χ4v) is 3.55. The SMILES string of the molecule is O=c1/c(=C/c2c(F)cccc2Cl)sc2nc(/C=C/c3ccccc3)nn12. The predicted octanol–water partition coefficient (Wildman–Crippen LogP) is 3.66. The van der Waals surface area contributed by atoms with Crippen molar-refractivity contribution < 1.29 is 4.39 Å². The summed E-state index contributed by atoms with van der Waals surface area (Å²) in [4.78, 5) is 17.3. The number of aromatic nitrogens is 3. The van der Waals surface area contributed by atoms with Crippen molar-refractivity contribution in [2.24, 2.45) is 0 Å². The van der Waals surface area contributed by atoms with Gasteiger partial charge in [-0.1, -0.05) is 65.4 Å². The fraction of sp³-hybridized carbons (Fsp3) is 0. The van der Waals surface area contributed by atoms with Crippen molar-refractivity contribution in [3.05, 3.63) is 91.2 Å². The zero-order valence-corrected chi connectivity index (χ0v) is 14.8. The Balaban J connectivity index is 1.74. The van der Waals surface area contributed by atoms with Crippen LogP contribution in [0, 0.1) is 5.82 Å². The lowest BCUT2D eigenvalue weighted by atomic mass is 10.2. The molecule has 2 heterocycles. The third-order valence-corrected chi connectivity index (χ3v) is 4.99. The molecule has 0 aliphatic heterocycles. The van der Waals surface area contributed by atoms with E-state index < -0.39 is 5.82 Å².